The Morgan fingerprint density at radius 2 is 1.94 bits per heavy atom. The molecule has 1 atom stereocenters. The molecule has 0 heterocycles. The van der Waals surface area contributed by atoms with Gasteiger partial charge in [-0.15, -0.1) is 0 Å². The molecule has 0 fully saturated rings. The standard InChI is InChI=1S/C10H8ClF2NO4/c11-5-2-6(12)4(1-7(5)13)9(16)14-8(3-15)10(17)18/h1-2,8,15H,3H2,(H,14,16)(H,17,18)/t8-/m1/s1. The number of rotatable bonds is 4. The molecule has 0 aliphatic carbocycles. The van der Waals surface area contributed by atoms with Crippen molar-refractivity contribution in [2.24, 2.45) is 0 Å². The van der Waals surface area contributed by atoms with Gasteiger partial charge in [-0.25, -0.2) is 13.6 Å². The molecule has 8 heteroatoms. The summed E-state index contributed by atoms with van der Waals surface area (Å²) in [5, 5.41) is 18.6. The quantitative estimate of drug-likeness (QED) is 0.711. The second-order valence-corrected chi connectivity index (χ2v) is 3.70. The van der Waals surface area contributed by atoms with Crippen LogP contribution >= 0.6 is 11.6 Å². The molecule has 0 aliphatic rings. The van der Waals surface area contributed by atoms with E-state index in [1.807, 2.05) is 5.32 Å². The minimum atomic E-state index is -1.60. The number of nitrogens with one attached hydrogen (secondary N) is 1. The highest BCUT2D eigenvalue weighted by Crippen LogP contribution is 2.19. The number of carbonyl (C=O) groups is 2. The molecule has 1 aromatic carbocycles. The third-order valence-corrected chi connectivity index (χ3v) is 2.33. The molecule has 18 heavy (non-hydrogen) atoms. The van der Waals surface area contributed by atoms with Crippen molar-refractivity contribution in [3.05, 3.63) is 34.4 Å². The van der Waals surface area contributed by atoms with Gasteiger partial charge >= 0.3 is 5.97 Å². The van der Waals surface area contributed by atoms with E-state index in [1.54, 1.807) is 0 Å². The molecule has 0 saturated carbocycles. The molecule has 98 valence electrons. The number of carbonyl (C=O) groups excluding carboxylic acids is 1. The fourth-order valence-electron chi connectivity index (χ4n) is 1.12. The molecular formula is C10H8ClF2NO4. The molecule has 1 amide bonds. The van der Waals surface area contributed by atoms with Crippen LogP contribution in [0.1, 0.15) is 10.4 Å². The summed E-state index contributed by atoms with van der Waals surface area (Å²) in [7, 11) is 0. The van der Waals surface area contributed by atoms with Gasteiger partial charge in [-0.05, 0) is 12.1 Å². The van der Waals surface area contributed by atoms with Gasteiger partial charge in [0.15, 0.2) is 6.04 Å². The maximum absolute atomic E-state index is 13.3. The number of hydrogen-bond acceptors (Lipinski definition) is 3. The SMILES string of the molecule is O=C(N[C@H](CO)C(=O)O)c1cc(F)c(Cl)cc1F. The molecule has 0 bridgehead atoms. The molecule has 0 radical (unpaired) electrons. The van der Waals surface area contributed by atoms with Crippen LogP contribution in [0.4, 0.5) is 8.78 Å². The number of aliphatic hydroxyl groups excluding tert-OH is 1. The van der Waals surface area contributed by atoms with Crippen LogP contribution in [0.15, 0.2) is 12.1 Å². The van der Waals surface area contributed by atoms with Gasteiger partial charge in [0.2, 0.25) is 0 Å². The smallest absolute Gasteiger partial charge is 0.328 e. The van der Waals surface area contributed by atoms with E-state index in [0.717, 1.165) is 0 Å². The van der Waals surface area contributed by atoms with Gasteiger partial charge < -0.3 is 15.5 Å². The van der Waals surface area contributed by atoms with Crippen LogP contribution in [-0.4, -0.2) is 34.7 Å². The van der Waals surface area contributed by atoms with Gasteiger partial charge in [-0.1, -0.05) is 11.6 Å². The fourth-order valence-corrected chi connectivity index (χ4v) is 1.27. The number of amides is 1. The number of hydrogen-bond donors (Lipinski definition) is 3. The van der Waals surface area contributed by atoms with E-state index in [-0.39, 0.29) is 0 Å². The number of aliphatic hydroxyl groups is 1. The van der Waals surface area contributed by atoms with E-state index in [2.05, 4.69) is 0 Å². The monoisotopic (exact) mass is 279 g/mol. The largest absolute Gasteiger partial charge is 0.480 e. The third kappa shape index (κ3) is 3.14. The Morgan fingerprint density at radius 1 is 1.33 bits per heavy atom. The summed E-state index contributed by atoms with van der Waals surface area (Å²) in [5.41, 5.74) is -0.698. The normalized spacial score (nSPS) is 12.0. The van der Waals surface area contributed by atoms with E-state index >= 15 is 0 Å². The van der Waals surface area contributed by atoms with Gasteiger partial charge in [-0.3, -0.25) is 4.79 Å². The lowest BCUT2D eigenvalue weighted by Crippen LogP contribution is -2.43. The maximum atomic E-state index is 13.3. The molecule has 3 N–H and O–H groups in total. The van der Waals surface area contributed by atoms with Gasteiger partial charge in [0.1, 0.15) is 11.6 Å². The summed E-state index contributed by atoms with van der Waals surface area (Å²) < 4.78 is 26.4. The van der Waals surface area contributed by atoms with E-state index in [4.69, 9.17) is 21.8 Å². The van der Waals surface area contributed by atoms with Crippen molar-refractivity contribution in [3.63, 3.8) is 0 Å². The Kier molecular flexibility index (Phi) is 4.57. The zero-order chi connectivity index (χ0) is 13.9. The van der Waals surface area contributed by atoms with Crippen LogP contribution < -0.4 is 5.32 Å². The predicted molar refractivity (Wildman–Crippen MR) is 57.3 cm³/mol. The summed E-state index contributed by atoms with van der Waals surface area (Å²) in [6, 6.07) is -0.459. The minimum absolute atomic E-state index is 0.499. The molecule has 0 saturated heterocycles. The van der Waals surface area contributed by atoms with Crippen molar-refractivity contribution in [1.29, 1.82) is 0 Å². The molecule has 0 unspecified atom stereocenters. The average Bonchev–Trinajstić information content (AvgIpc) is 2.29. The summed E-state index contributed by atoms with van der Waals surface area (Å²) >= 11 is 5.29. The minimum Gasteiger partial charge on any atom is -0.480 e. The van der Waals surface area contributed by atoms with Crippen molar-refractivity contribution in [2.45, 2.75) is 6.04 Å². The van der Waals surface area contributed by atoms with E-state index in [9.17, 15) is 18.4 Å². The van der Waals surface area contributed by atoms with Crippen molar-refractivity contribution >= 4 is 23.5 Å². The number of benzene rings is 1. The lowest BCUT2D eigenvalue weighted by molar-refractivity contribution is -0.140. The molecular weight excluding hydrogens is 272 g/mol. The first-order valence-electron chi connectivity index (χ1n) is 4.66. The molecule has 1 rings (SSSR count). The highest BCUT2D eigenvalue weighted by Gasteiger charge is 2.22. The topological polar surface area (TPSA) is 86.6 Å². The van der Waals surface area contributed by atoms with Crippen molar-refractivity contribution in [2.75, 3.05) is 6.61 Å². The second-order valence-electron chi connectivity index (χ2n) is 3.29. The summed E-state index contributed by atoms with van der Waals surface area (Å²) in [4.78, 5) is 22.0. The van der Waals surface area contributed by atoms with Crippen molar-refractivity contribution in [3.8, 4) is 0 Å². The Bertz CT molecular complexity index is 495. The second kappa shape index (κ2) is 5.74. The van der Waals surface area contributed by atoms with Gasteiger partial charge in [0.25, 0.3) is 5.91 Å². The van der Waals surface area contributed by atoms with Crippen molar-refractivity contribution < 1.29 is 28.6 Å². The number of carboxylic acid groups (broad SMARTS) is 1. The van der Waals surface area contributed by atoms with Crippen LogP contribution in [0.5, 0.6) is 0 Å². The molecule has 5 nitrogen and oxygen atoms in total. The highest BCUT2D eigenvalue weighted by molar-refractivity contribution is 6.30. The lowest BCUT2D eigenvalue weighted by atomic mass is 10.1. The Morgan fingerprint density at radius 3 is 2.44 bits per heavy atom. The molecule has 1 aromatic rings. The first-order chi connectivity index (χ1) is 8.36. The maximum Gasteiger partial charge on any atom is 0.328 e. The van der Waals surface area contributed by atoms with Crippen LogP contribution in [0.25, 0.3) is 0 Å². The third-order valence-electron chi connectivity index (χ3n) is 2.04. The summed E-state index contributed by atoms with van der Waals surface area (Å²) in [5.74, 6) is -4.77. The van der Waals surface area contributed by atoms with E-state index in [0.29, 0.717) is 12.1 Å². The molecule has 0 spiro atoms. The Balaban J connectivity index is 2.97. The lowest BCUT2D eigenvalue weighted by Gasteiger charge is -2.12. The number of carboxylic acids is 1. The van der Waals surface area contributed by atoms with Crippen molar-refractivity contribution in [1.82, 2.24) is 5.32 Å². The Labute approximate surface area is 105 Å². The summed E-state index contributed by atoms with van der Waals surface area (Å²) in [6.07, 6.45) is 0. The van der Waals surface area contributed by atoms with Crippen LogP contribution in [-0.2, 0) is 4.79 Å². The zero-order valence-electron chi connectivity index (χ0n) is 8.78. The number of halogens is 3. The number of aliphatic carboxylic acids is 1. The van der Waals surface area contributed by atoms with E-state index < -0.39 is 46.7 Å². The van der Waals surface area contributed by atoms with Gasteiger partial charge in [0, 0.05) is 0 Å². The predicted octanol–water partition coefficient (Wildman–Crippen LogP) is 0.794. The molecule has 0 aliphatic heterocycles. The van der Waals surface area contributed by atoms with Crippen LogP contribution in [0.3, 0.4) is 0 Å². The van der Waals surface area contributed by atoms with Crippen LogP contribution in [0.2, 0.25) is 5.02 Å². The van der Waals surface area contributed by atoms with Gasteiger partial charge in [-0.2, -0.15) is 0 Å². The first-order valence-corrected chi connectivity index (χ1v) is 5.03. The highest BCUT2D eigenvalue weighted by atomic mass is 35.5. The van der Waals surface area contributed by atoms with Gasteiger partial charge in [0.05, 0.1) is 17.2 Å². The average molecular weight is 280 g/mol. The Hall–Kier alpha value is -1.73. The van der Waals surface area contributed by atoms with Crippen LogP contribution in [0, 0.1) is 11.6 Å². The molecule has 0 aromatic heterocycles. The van der Waals surface area contributed by atoms with E-state index in [1.165, 1.54) is 0 Å². The zero-order valence-corrected chi connectivity index (χ0v) is 9.54. The fraction of sp³-hybridized carbons (Fsp3) is 0.200. The first kappa shape index (κ1) is 14.3. The summed E-state index contributed by atoms with van der Waals surface area (Å²) in [6.45, 7) is -0.876.